The molecule has 0 aliphatic carbocycles. The van der Waals surface area contributed by atoms with Crippen LogP contribution in [0.25, 0.3) is 16.9 Å². The standard InChI is InChI=1S/C21H20FNO3S/c1-13(21(24)25)19-12-20(15-7-9-18(10-8-15)27(3)26)23(14(19)2)17-6-4-5-16(22)11-17/h4-13H,1-3H3,(H,24,25). The minimum absolute atomic E-state index is 0.365. The molecule has 3 aromatic rings. The van der Waals surface area contributed by atoms with E-state index in [4.69, 9.17) is 0 Å². The second-order valence-corrected chi connectivity index (χ2v) is 7.80. The first-order chi connectivity index (χ1) is 12.8. The van der Waals surface area contributed by atoms with E-state index in [2.05, 4.69) is 0 Å². The first-order valence-corrected chi connectivity index (χ1v) is 10.00. The highest BCUT2D eigenvalue weighted by Crippen LogP contribution is 2.33. The van der Waals surface area contributed by atoms with E-state index < -0.39 is 22.7 Å². The Morgan fingerprint density at radius 3 is 2.37 bits per heavy atom. The number of hydrogen-bond acceptors (Lipinski definition) is 2. The molecule has 3 rings (SSSR count). The number of hydrogen-bond donors (Lipinski definition) is 1. The average molecular weight is 385 g/mol. The molecule has 0 spiro atoms. The quantitative estimate of drug-likeness (QED) is 0.703. The number of aromatic nitrogens is 1. The van der Waals surface area contributed by atoms with Crippen LogP contribution in [0.15, 0.2) is 59.5 Å². The van der Waals surface area contributed by atoms with Gasteiger partial charge in [0, 0.05) is 33.3 Å². The zero-order valence-corrected chi connectivity index (χ0v) is 16.1. The molecular formula is C21H20FNO3S. The average Bonchev–Trinajstić information content (AvgIpc) is 2.98. The lowest BCUT2D eigenvalue weighted by Gasteiger charge is -2.13. The van der Waals surface area contributed by atoms with Gasteiger partial charge < -0.3 is 9.67 Å². The molecule has 0 aliphatic rings. The molecule has 0 amide bonds. The fourth-order valence-electron chi connectivity index (χ4n) is 3.18. The van der Waals surface area contributed by atoms with E-state index >= 15 is 0 Å². The van der Waals surface area contributed by atoms with Crippen LogP contribution in [-0.4, -0.2) is 26.1 Å². The number of halogens is 1. The molecule has 140 valence electrons. The van der Waals surface area contributed by atoms with Gasteiger partial charge in [-0.3, -0.25) is 9.00 Å². The summed E-state index contributed by atoms with van der Waals surface area (Å²) in [4.78, 5) is 12.2. The van der Waals surface area contributed by atoms with Crippen molar-refractivity contribution >= 4 is 16.8 Å². The zero-order valence-electron chi connectivity index (χ0n) is 15.3. The van der Waals surface area contributed by atoms with Gasteiger partial charge in [-0.25, -0.2) is 4.39 Å². The summed E-state index contributed by atoms with van der Waals surface area (Å²) in [5.41, 5.74) is 3.63. The maximum atomic E-state index is 13.8. The van der Waals surface area contributed by atoms with Crippen LogP contribution < -0.4 is 0 Å². The lowest BCUT2D eigenvalue weighted by Crippen LogP contribution is -2.08. The van der Waals surface area contributed by atoms with Crippen molar-refractivity contribution in [2.45, 2.75) is 24.7 Å². The van der Waals surface area contributed by atoms with Gasteiger partial charge in [0.1, 0.15) is 5.82 Å². The van der Waals surface area contributed by atoms with E-state index in [1.807, 2.05) is 29.7 Å². The normalized spacial score (nSPS) is 13.3. The summed E-state index contributed by atoms with van der Waals surface area (Å²) in [5.74, 6) is -1.98. The Kier molecular flexibility index (Phi) is 5.28. The second kappa shape index (κ2) is 7.48. The number of carboxylic acid groups (broad SMARTS) is 1. The number of benzene rings is 2. The molecule has 0 radical (unpaired) electrons. The predicted molar refractivity (Wildman–Crippen MR) is 104 cm³/mol. The summed E-state index contributed by atoms with van der Waals surface area (Å²) >= 11 is 0. The molecule has 27 heavy (non-hydrogen) atoms. The summed E-state index contributed by atoms with van der Waals surface area (Å²) in [5, 5.41) is 9.44. The molecule has 2 unspecified atom stereocenters. The Morgan fingerprint density at radius 2 is 1.81 bits per heavy atom. The van der Waals surface area contributed by atoms with Crippen LogP contribution in [0.1, 0.15) is 24.1 Å². The maximum Gasteiger partial charge on any atom is 0.310 e. The Balaban J connectivity index is 2.23. The van der Waals surface area contributed by atoms with Gasteiger partial charge in [0.2, 0.25) is 0 Å². The van der Waals surface area contributed by atoms with E-state index in [-0.39, 0.29) is 5.82 Å². The largest absolute Gasteiger partial charge is 0.481 e. The summed E-state index contributed by atoms with van der Waals surface area (Å²) in [6.07, 6.45) is 1.61. The van der Waals surface area contributed by atoms with Crippen LogP contribution >= 0.6 is 0 Å². The zero-order chi connectivity index (χ0) is 19.7. The van der Waals surface area contributed by atoms with Gasteiger partial charge in [0.05, 0.1) is 11.6 Å². The van der Waals surface area contributed by atoms with Crippen molar-refractivity contribution in [2.75, 3.05) is 6.26 Å². The Labute approximate surface area is 159 Å². The molecule has 4 nitrogen and oxygen atoms in total. The highest BCUT2D eigenvalue weighted by atomic mass is 32.2. The first-order valence-electron chi connectivity index (χ1n) is 8.44. The summed E-state index contributed by atoms with van der Waals surface area (Å²) in [6.45, 7) is 3.46. The van der Waals surface area contributed by atoms with Gasteiger partial charge in [0.25, 0.3) is 0 Å². The molecule has 0 aliphatic heterocycles. The van der Waals surface area contributed by atoms with Gasteiger partial charge in [-0.15, -0.1) is 0 Å². The fraction of sp³-hybridized carbons (Fsp3) is 0.190. The monoisotopic (exact) mass is 385 g/mol. The maximum absolute atomic E-state index is 13.8. The Morgan fingerprint density at radius 1 is 1.15 bits per heavy atom. The number of nitrogens with zero attached hydrogens (tertiary/aromatic N) is 1. The van der Waals surface area contributed by atoms with Crippen LogP contribution in [0, 0.1) is 12.7 Å². The highest BCUT2D eigenvalue weighted by molar-refractivity contribution is 7.84. The van der Waals surface area contributed by atoms with Crippen LogP contribution in [0.3, 0.4) is 0 Å². The van der Waals surface area contributed by atoms with E-state index in [0.717, 1.165) is 17.0 Å². The van der Waals surface area contributed by atoms with Crippen molar-refractivity contribution in [1.82, 2.24) is 4.57 Å². The molecule has 2 aromatic carbocycles. The lowest BCUT2D eigenvalue weighted by molar-refractivity contribution is -0.138. The third-order valence-corrected chi connectivity index (χ3v) is 5.61. The minimum Gasteiger partial charge on any atom is -0.481 e. The molecule has 6 heteroatoms. The summed E-state index contributed by atoms with van der Waals surface area (Å²) in [6, 6.07) is 15.3. The molecule has 2 atom stereocenters. The summed E-state index contributed by atoms with van der Waals surface area (Å²) < 4.78 is 27.3. The van der Waals surface area contributed by atoms with Gasteiger partial charge >= 0.3 is 5.97 Å². The first kappa shape index (κ1) is 19.0. The van der Waals surface area contributed by atoms with Crippen LogP contribution in [0.5, 0.6) is 0 Å². The van der Waals surface area contributed by atoms with E-state index in [9.17, 15) is 18.5 Å². The van der Waals surface area contributed by atoms with Crippen molar-refractivity contribution in [1.29, 1.82) is 0 Å². The molecule has 0 saturated heterocycles. The van der Waals surface area contributed by atoms with Gasteiger partial charge in [-0.05, 0) is 61.4 Å². The van der Waals surface area contributed by atoms with Gasteiger partial charge in [-0.1, -0.05) is 18.2 Å². The number of carboxylic acids is 1. The van der Waals surface area contributed by atoms with Crippen LogP contribution in [0.2, 0.25) is 0 Å². The molecule has 0 saturated carbocycles. The minimum atomic E-state index is -1.08. The topological polar surface area (TPSA) is 59.3 Å². The molecule has 0 fully saturated rings. The van der Waals surface area contributed by atoms with Gasteiger partial charge in [-0.2, -0.15) is 0 Å². The van der Waals surface area contributed by atoms with Crippen molar-refractivity contribution in [2.24, 2.45) is 0 Å². The molecule has 0 bridgehead atoms. The second-order valence-electron chi connectivity index (χ2n) is 6.42. The predicted octanol–water partition coefficient (Wildman–Crippen LogP) is 4.52. The van der Waals surface area contributed by atoms with E-state index in [1.165, 1.54) is 12.1 Å². The van der Waals surface area contributed by atoms with Crippen molar-refractivity contribution < 1.29 is 18.5 Å². The van der Waals surface area contributed by atoms with Crippen molar-refractivity contribution in [3.8, 4) is 16.9 Å². The number of aliphatic carboxylic acids is 1. The lowest BCUT2D eigenvalue weighted by atomic mass is 10.0. The smallest absolute Gasteiger partial charge is 0.310 e. The highest BCUT2D eigenvalue weighted by Gasteiger charge is 2.23. The molecule has 1 aromatic heterocycles. The van der Waals surface area contributed by atoms with Crippen LogP contribution in [-0.2, 0) is 15.6 Å². The third-order valence-electron chi connectivity index (χ3n) is 4.67. The number of rotatable bonds is 5. The molecular weight excluding hydrogens is 365 g/mol. The summed E-state index contributed by atoms with van der Waals surface area (Å²) in [7, 11) is -1.08. The van der Waals surface area contributed by atoms with Crippen LogP contribution in [0.4, 0.5) is 4.39 Å². The van der Waals surface area contributed by atoms with Crippen molar-refractivity contribution in [3.63, 3.8) is 0 Å². The third kappa shape index (κ3) is 3.71. The SMILES string of the molecule is Cc1c(C(C)C(=O)O)cc(-c2ccc(S(C)=O)cc2)n1-c1cccc(F)c1. The van der Waals surface area contributed by atoms with E-state index in [0.29, 0.717) is 16.1 Å². The number of carbonyl (C=O) groups is 1. The molecule has 1 N–H and O–H groups in total. The van der Waals surface area contributed by atoms with Gasteiger partial charge in [0.15, 0.2) is 0 Å². The molecule has 1 heterocycles. The Bertz CT molecular complexity index is 1020. The van der Waals surface area contributed by atoms with E-state index in [1.54, 1.807) is 37.4 Å². The Hall–Kier alpha value is -2.73. The fourth-order valence-corrected chi connectivity index (χ4v) is 3.69. The van der Waals surface area contributed by atoms with Crippen molar-refractivity contribution in [3.05, 3.63) is 71.7 Å².